The molecule has 0 saturated carbocycles. The van der Waals surface area contributed by atoms with Crippen molar-refractivity contribution in [2.75, 3.05) is 19.5 Å². The summed E-state index contributed by atoms with van der Waals surface area (Å²) in [5.74, 6) is 1.41. The van der Waals surface area contributed by atoms with Gasteiger partial charge in [-0.05, 0) is 0 Å². The molecule has 0 atom stereocenters. The van der Waals surface area contributed by atoms with Crippen LogP contribution in [0.25, 0.3) is 0 Å². The normalized spacial score (nSPS) is 11.5. The van der Waals surface area contributed by atoms with Crippen molar-refractivity contribution < 1.29 is 4.74 Å². The predicted molar refractivity (Wildman–Crippen MR) is 103 cm³/mol. The van der Waals surface area contributed by atoms with Crippen molar-refractivity contribution in [3.05, 3.63) is 6.20 Å². The SMILES string of the molecule is CCC[CH2][Sn]([CH2]CCC)([CH2]CCC)[c]1cnc(NC)c(OC)n1. The molecule has 0 amide bonds. The molecular formula is C18H35N3OSn. The van der Waals surface area contributed by atoms with E-state index >= 15 is 0 Å². The molecule has 1 rings (SSSR count). The van der Waals surface area contributed by atoms with Gasteiger partial charge in [-0.3, -0.25) is 0 Å². The Balaban J connectivity index is 3.22. The van der Waals surface area contributed by atoms with E-state index in [-0.39, 0.29) is 0 Å². The van der Waals surface area contributed by atoms with Gasteiger partial charge in [0, 0.05) is 0 Å². The Morgan fingerprint density at radius 1 is 1.00 bits per heavy atom. The number of nitrogens with zero attached hydrogens (tertiary/aromatic N) is 2. The number of nitrogens with one attached hydrogen (secondary N) is 1. The second kappa shape index (κ2) is 11.1. The van der Waals surface area contributed by atoms with Gasteiger partial charge >= 0.3 is 147 Å². The van der Waals surface area contributed by atoms with Crippen LogP contribution >= 0.6 is 0 Å². The number of ether oxygens (including phenoxy) is 1. The summed E-state index contributed by atoms with van der Waals surface area (Å²) in [5.41, 5.74) is 0. The summed E-state index contributed by atoms with van der Waals surface area (Å²) in [6.07, 6.45) is 9.89. The van der Waals surface area contributed by atoms with Gasteiger partial charge in [0.15, 0.2) is 0 Å². The second-order valence-electron chi connectivity index (χ2n) is 6.45. The summed E-state index contributed by atoms with van der Waals surface area (Å²) in [7, 11) is 3.56. The van der Waals surface area contributed by atoms with Crippen LogP contribution in [0.1, 0.15) is 59.3 Å². The van der Waals surface area contributed by atoms with Crippen molar-refractivity contribution >= 4 is 27.9 Å². The van der Waals surface area contributed by atoms with Gasteiger partial charge in [0.1, 0.15) is 0 Å². The Hall–Kier alpha value is -0.521. The number of unbranched alkanes of at least 4 members (excludes halogenated alkanes) is 3. The van der Waals surface area contributed by atoms with Gasteiger partial charge in [-0.15, -0.1) is 0 Å². The zero-order valence-electron chi connectivity index (χ0n) is 15.7. The van der Waals surface area contributed by atoms with Crippen molar-refractivity contribution in [2.24, 2.45) is 0 Å². The molecule has 23 heavy (non-hydrogen) atoms. The van der Waals surface area contributed by atoms with Gasteiger partial charge in [0.05, 0.1) is 0 Å². The monoisotopic (exact) mass is 429 g/mol. The molecule has 4 nitrogen and oxygen atoms in total. The third-order valence-corrected chi connectivity index (χ3v) is 19.8. The number of anilines is 1. The first-order valence-corrected chi connectivity index (χ1v) is 16.7. The molecule has 0 spiro atoms. The second-order valence-corrected chi connectivity index (χ2v) is 19.5. The molecule has 0 radical (unpaired) electrons. The van der Waals surface area contributed by atoms with Crippen molar-refractivity contribution in [3.8, 4) is 5.88 Å². The Morgan fingerprint density at radius 3 is 1.91 bits per heavy atom. The van der Waals surface area contributed by atoms with Crippen molar-refractivity contribution in [3.63, 3.8) is 0 Å². The van der Waals surface area contributed by atoms with Crippen LogP contribution < -0.4 is 13.8 Å². The van der Waals surface area contributed by atoms with Crippen LogP contribution in [-0.4, -0.2) is 42.5 Å². The van der Waals surface area contributed by atoms with Crippen molar-refractivity contribution in [1.82, 2.24) is 9.97 Å². The van der Waals surface area contributed by atoms with E-state index in [2.05, 4.69) is 37.3 Å². The van der Waals surface area contributed by atoms with E-state index in [0.717, 1.165) is 5.82 Å². The van der Waals surface area contributed by atoms with Gasteiger partial charge in [-0.2, -0.15) is 0 Å². The maximum absolute atomic E-state index is 5.48. The molecule has 132 valence electrons. The topological polar surface area (TPSA) is 47.0 Å². The molecule has 1 heterocycles. The molecule has 0 aliphatic rings. The first-order chi connectivity index (χ1) is 11.2. The van der Waals surface area contributed by atoms with Crippen LogP contribution in [0.3, 0.4) is 0 Å². The maximum atomic E-state index is 5.48. The molecule has 0 aromatic carbocycles. The first kappa shape index (κ1) is 20.5. The van der Waals surface area contributed by atoms with E-state index in [1.807, 2.05) is 7.05 Å². The molecule has 1 N–H and O–H groups in total. The van der Waals surface area contributed by atoms with Gasteiger partial charge in [-0.1, -0.05) is 0 Å². The molecule has 0 bridgehead atoms. The number of aromatic nitrogens is 2. The fraction of sp³-hybridized carbons (Fsp3) is 0.778. The van der Waals surface area contributed by atoms with Crippen LogP contribution in [0.5, 0.6) is 5.88 Å². The standard InChI is InChI=1S/C6H8N3O.3C4H9.Sn/c1-7-5-6(10-2)9-4-3-8-5;3*1-3-4-2;/h3H,1-2H3,(H,7,8);3*1,3-4H2,2H3;. The summed E-state index contributed by atoms with van der Waals surface area (Å²) in [6.45, 7) is 6.89. The third-order valence-electron chi connectivity index (χ3n) is 4.74. The molecule has 0 aliphatic heterocycles. The average molecular weight is 428 g/mol. The molecule has 0 fully saturated rings. The zero-order chi connectivity index (χ0) is 17.1. The van der Waals surface area contributed by atoms with E-state index < -0.39 is 18.4 Å². The average Bonchev–Trinajstić information content (AvgIpc) is 2.60. The molecule has 0 aliphatic carbocycles. The summed E-state index contributed by atoms with van der Waals surface area (Å²) in [4.78, 5) is 9.55. The number of rotatable bonds is 12. The third kappa shape index (κ3) is 5.80. The molecule has 1 aromatic rings. The summed E-state index contributed by atoms with van der Waals surface area (Å²) >= 11 is -2.49. The van der Waals surface area contributed by atoms with Crippen LogP contribution in [0, 0.1) is 0 Å². The Morgan fingerprint density at radius 2 is 1.52 bits per heavy atom. The molecular weight excluding hydrogens is 393 g/mol. The van der Waals surface area contributed by atoms with Crippen LogP contribution in [-0.2, 0) is 0 Å². The first-order valence-electron chi connectivity index (χ1n) is 9.26. The Labute approximate surface area is 146 Å². The van der Waals surface area contributed by atoms with Crippen LogP contribution in [0.2, 0.25) is 13.3 Å². The zero-order valence-corrected chi connectivity index (χ0v) is 18.6. The molecule has 5 heteroatoms. The summed E-state index contributed by atoms with van der Waals surface area (Å²) in [5, 5.41) is 3.08. The van der Waals surface area contributed by atoms with Gasteiger partial charge in [0.2, 0.25) is 0 Å². The molecule has 0 unspecified atom stereocenters. The van der Waals surface area contributed by atoms with E-state index in [4.69, 9.17) is 9.72 Å². The van der Waals surface area contributed by atoms with E-state index in [1.165, 1.54) is 55.5 Å². The van der Waals surface area contributed by atoms with Crippen molar-refractivity contribution in [1.29, 1.82) is 0 Å². The van der Waals surface area contributed by atoms with Gasteiger partial charge in [0.25, 0.3) is 0 Å². The van der Waals surface area contributed by atoms with E-state index in [1.54, 1.807) is 7.11 Å². The van der Waals surface area contributed by atoms with Crippen LogP contribution in [0.15, 0.2) is 6.20 Å². The molecule has 0 saturated heterocycles. The predicted octanol–water partition coefficient (Wildman–Crippen LogP) is 4.58. The van der Waals surface area contributed by atoms with Crippen LogP contribution in [0.4, 0.5) is 5.82 Å². The van der Waals surface area contributed by atoms with E-state index in [0.29, 0.717) is 5.88 Å². The molecule has 1 aromatic heterocycles. The Bertz CT molecular complexity index is 432. The van der Waals surface area contributed by atoms with Crippen molar-refractivity contribution in [2.45, 2.75) is 72.6 Å². The Kier molecular flexibility index (Phi) is 9.91. The fourth-order valence-electron chi connectivity index (χ4n) is 3.25. The quantitative estimate of drug-likeness (QED) is 0.495. The minimum atomic E-state index is -2.49. The van der Waals surface area contributed by atoms with Gasteiger partial charge < -0.3 is 0 Å². The van der Waals surface area contributed by atoms with E-state index in [9.17, 15) is 0 Å². The minimum absolute atomic E-state index is 0.663. The number of hydrogen-bond donors (Lipinski definition) is 1. The van der Waals surface area contributed by atoms with Gasteiger partial charge in [-0.25, -0.2) is 0 Å². The fourth-order valence-corrected chi connectivity index (χ4v) is 18.3. The summed E-state index contributed by atoms with van der Waals surface area (Å²) in [6, 6.07) is 0. The summed E-state index contributed by atoms with van der Waals surface area (Å²) < 4.78 is 11.0. The number of hydrogen-bond acceptors (Lipinski definition) is 4. The number of methoxy groups -OCH3 is 1.